The zero-order valence-corrected chi connectivity index (χ0v) is 12.5. The first-order valence-corrected chi connectivity index (χ1v) is 8.05. The SMILES string of the molecule is C[C@@H](N)[C@@H]1CCCN(C(=O)c2ccc3sccc3c2)C1. The highest BCUT2D eigenvalue weighted by Gasteiger charge is 2.26. The van der Waals surface area contributed by atoms with Crippen LogP contribution in [0.15, 0.2) is 29.6 Å². The zero-order valence-electron chi connectivity index (χ0n) is 11.7. The molecule has 0 unspecified atom stereocenters. The Morgan fingerprint density at radius 3 is 3.10 bits per heavy atom. The molecule has 2 N–H and O–H groups in total. The van der Waals surface area contributed by atoms with Crippen LogP contribution in [-0.4, -0.2) is 29.9 Å². The predicted molar refractivity (Wildman–Crippen MR) is 84.1 cm³/mol. The molecule has 0 spiro atoms. The van der Waals surface area contributed by atoms with Gasteiger partial charge in [0, 0.05) is 29.4 Å². The molecule has 20 heavy (non-hydrogen) atoms. The fourth-order valence-electron chi connectivity index (χ4n) is 2.91. The number of hydrogen-bond acceptors (Lipinski definition) is 3. The average molecular weight is 288 g/mol. The average Bonchev–Trinajstić information content (AvgIpc) is 2.94. The minimum Gasteiger partial charge on any atom is -0.338 e. The van der Waals surface area contributed by atoms with Crippen LogP contribution >= 0.6 is 11.3 Å². The fourth-order valence-corrected chi connectivity index (χ4v) is 3.68. The van der Waals surface area contributed by atoms with Crippen LogP contribution in [0.1, 0.15) is 30.1 Å². The number of carbonyl (C=O) groups excluding carboxylic acids is 1. The van der Waals surface area contributed by atoms with Gasteiger partial charge in [-0.1, -0.05) is 0 Å². The van der Waals surface area contributed by atoms with Gasteiger partial charge in [0.1, 0.15) is 0 Å². The van der Waals surface area contributed by atoms with Crippen molar-refractivity contribution < 1.29 is 4.79 Å². The van der Waals surface area contributed by atoms with E-state index < -0.39 is 0 Å². The molecule has 1 amide bonds. The summed E-state index contributed by atoms with van der Waals surface area (Å²) in [6.07, 6.45) is 2.18. The molecular weight excluding hydrogens is 268 g/mol. The van der Waals surface area contributed by atoms with Gasteiger partial charge in [0.05, 0.1) is 0 Å². The quantitative estimate of drug-likeness (QED) is 0.923. The molecule has 1 aliphatic rings. The second-order valence-electron chi connectivity index (χ2n) is 5.69. The maximum atomic E-state index is 12.6. The Kier molecular flexibility index (Phi) is 3.76. The van der Waals surface area contributed by atoms with Crippen molar-refractivity contribution in [2.24, 2.45) is 11.7 Å². The van der Waals surface area contributed by atoms with E-state index in [1.807, 2.05) is 30.0 Å². The number of hydrogen-bond donors (Lipinski definition) is 1. The first-order chi connectivity index (χ1) is 9.65. The van der Waals surface area contributed by atoms with Crippen molar-refractivity contribution >= 4 is 27.3 Å². The molecule has 1 saturated heterocycles. The number of nitrogens with zero attached hydrogens (tertiary/aromatic N) is 1. The second kappa shape index (κ2) is 5.54. The molecule has 0 aliphatic carbocycles. The number of nitrogens with two attached hydrogens (primary N) is 1. The number of rotatable bonds is 2. The van der Waals surface area contributed by atoms with Crippen molar-refractivity contribution in [3.05, 3.63) is 35.2 Å². The van der Waals surface area contributed by atoms with Crippen LogP contribution in [0.2, 0.25) is 0 Å². The third-order valence-corrected chi connectivity index (χ3v) is 5.09. The van der Waals surface area contributed by atoms with Crippen molar-refractivity contribution in [2.45, 2.75) is 25.8 Å². The molecule has 2 heterocycles. The van der Waals surface area contributed by atoms with Gasteiger partial charge >= 0.3 is 0 Å². The Bertz CT molecular complexity index is 620. The maximum absolute atomic E-state index is 12.6. The van der Waals surface area contributed by atoms with Crippen molar-refractivity contribution in [2.75, 3.05) is 13.1 Å². The van der Waals surface area contributed by atoms with Crippen LogP contribution in [0.4, 0.5) is 0 Å². The van der Waals surface area contributed by atoms with E-state index in [0.717, 1.165) is 36.9 Å². The van der Waals surface area contributed by atoms with Crippen LogP contribution in [-0.2, 0) is 0 Å². The maximum Gasteiger partial charge on any atom is 0.253 e. The molecule has 4 heteroatoms. The van der Waals surface area contributed by atoms with E-state index in [1.54, 1.807) is 11.3 Å². The van der Waals surface area contributed by atoms with Crippen LogP contribution in [0.3, 0.4) is 0 Å². The number of benzene rings is 1. The predicted octanol–water partition coefficient (Wildman–Crippen LogP) is 3.10. The summed E-state index contributed by atoms with van der Waals surface area (Å²) in [7, 11) is 0. The Morgan fingerprint density at radius 2 is 2.30 bits per heavy atom. The lowest BCUT2D eigenvalue weighted by atomic mass is 9.92. The normalized spacial score (nSPS) is 21.1. The van der Waals surface area contributed by atoms with E-state index in [-0.39, 0.29) is 11.9 Å². The lowest BCUT2D eigenvalue weighted by Gasteiger charge is -2.34. The van der Waals surface area contributed by atoms with Crippen molar-refractivity contribution in [3.63, 3.8) is 0 Å². The minimum atomic E-state index is 0.142. The van der Waals surface area contributed by atoms with E-state index in [0.29, 0.717) is 5.92 Å². The molecule has 0 bridgehead atoms. The molecule has 3 rings (SSSR count). The van der Waals surface area contributed by atoms with Crippen LogP contribution in [0.5, 0.6) is 0 Å². The Hall–Kier alpha value is -1.39. The van der Waals surface area contributed by atoms with E-state index in [9.17, 15) is 4.79 Å². The number of amides is 1. The van der Waals surface area contributed by atoms with Gasteiger partial charge in [0.25, 0.3) is 5.91 Å². The zero-order chi connectivity index (χ0) is 14.1. The Morgan fingerprint density at radius 1 is 1.45 bits per heavy atom. The molecule has 0 saturated carbocycles. The van der Waals surface area contributed by atoms with Gasteiger partial charge in [0.2, 0.25) is 0 Å². The summed E-state index contributed by atoms with van der Waals surface area (Å²) in [6.45, 7) is 3.68. The molecule has 2 atom stereocenters. The standard InChI is InChI=1S/C16H20N2OS/c1-11(17)14-3-2-7-18(10-14)16(19)13-4-5-15-12(9-13)6-8-20-15/h4-6,8-9,11,14H,2-3,7,10,17H2,1H3/t11-,14-/m1/s1. The molecule has 2 aromatic rings. The van der Waals surface area contributed by atoms with Crippen LogP contribution in [0.25, 0.3) is 10.1 Å². The lowest BCUT2D eigenvalue weighted by Crippen LogP contribution is -2.45. The number of thiophene rings is 1. The first kappa shape index (κ1) is 13.6. The molecule has 0 radical (unpaired) electrons. The summed E-state index contributed by atoms with van der Waals surface area (Å²) in [6, 6.07) is 8.21. The summed E-state index contributed by atoms with van der Waals surface area (Å²) < 4.78 is 1.23. The van der Waals surface area contributed by atoms with Crippen LogP contribution in [0, 0.1) is 5.92 Å². The number of piperidine rings is 1. The number of likely N-dealkylation sites (tertiary alicyclic amines) is 1. The molecule has 1 aliphatic heterocycles. The van der Waals surface area contributed by atoms with Crippen molar-refractivity contribution in [1.29, 1.82) is 0 Å². The van der Waals surface area contributed by atoms with Crippen molar-refractivity contribution in [1.82, 2.24) is 4.90 Å². The van der Waals surface area contributed by atoms with Gasteiger partial charge in [-0.2, -0.15) is 0 Å². The highest BCUT2D eigenvalue weighted by atomic mass is 32.1. The van der Waals surface area contributed by atoms with E-state index in [4.69, 9.17) is 5.73 Å². The minimum absolute atomic E-state index is 0.142. The number of carbonyl (C=O) groups is 1. The van der Waals surface area contributed by atoms with Crippen molar-refractivity contribution in [3.8, 4) is 0 Å². The molecule has 1 fully saturated rings. The third-order valence-electron chi connectivity index (χ3n) is 4.19. The Labute approximate surface area is 123 Å². The molecule has 1 aromatic carbocycles. The lowest BCUT2D eigenvalue weighted by molar-refractivity contribution is 0.0661. The molecule has 1 aromatic heterocycles. The van der Waals surface area contributed by atoms with E-state index >= 15 is 0 Å². The van der Waals surface area contributed by atoms with Gasteiger partial charge < -0.3 is 10.6 Å². The molecule has 106 valence electrons. The van der Waals surface area contributed by atoms with Gasteiger partial charge in [-0.15, -0.1) is 11.3 Å². The highest BCUT2D eigenvalue weighted by molar-refractivity contribution is 7.17. The summed E-state index contributed by atoms with van der Waals surface area (Å²) in [5, 5.41) is 3.22. The highest BCUT2D eigenvalue weighted by Crippen LogP contribution is 2.24. The Balaban J connectivity index is 1.80. The summed E-state index contributed by atoms with van der Waals surface area (Å²) in [5.74, 6) is 0.570. The largest absolute Gasteiger partial charge is 0.338 e. The van der Waals surface area contributed by atoms with E-state index in [2.05, 4.69) is 11.4 Å². The summed E-state index contributed by atoms with van der Waals surface area (Å²) >= 11 is 1.71. The second-order valence-corrected chi connectivity index (χ2v) is 6.63. The van der Waals surface area contributed by atoms with Gasteiger partial charge in [-0.05, 0) is 60.7 Å². The molecular formula is C16H20N2OS. The monoisotopic (exact) mass is 288 g/mol. The first-order valence-electron chi connectivity index (χ1n) is 7.17. The van der Waals surface area contributed by atoms with Gasteiger partial charge in [-0.3, -0.25) is 4.79 Å². The smallest absolute Gasteiger partial charge is 0.253 e. The van der Waals surface area contributed by atoms with Gasteiger partial charge in [-0.25, -0.2) is 0 Å². The topological polar surface area (TPSA) is 46.3 Å². The van der Waals surface area contributed by atoms with Gasteiger partial charge in [0.15, 0.2) is 0 Å². The molecule has 3 nitrogen and oxygen atoms in total. The number of fused-ring (bicyclic) bond motifs is 1. The summed E-state index contributed by atoms with van der Waals surface area (Å²) in [5.41, 5.74) is 6.78. The van der Waals surface area contributed by atoms with Crippen LogP contribution < -0.4 is 5.73 Å². The summed E-state index contributed by atoms with van der Waals surface area (Å²) in [4.78, 5) is 14.6. The van der Waals surface area contributed by atoms with E-state index in [1.165, 1.54) is 4.70 Å². The third kappa shape index (κ3) is 2.58. The fraction of sp³-hybridized carbons (Fsp3) is 0.438.